The highest BCUT2D eigenvalue weighted by Crippen LogP contribution is 2.18. The van der Waals surface area contributed by atoms with E-state index in [9.17, 15) is 13.6 Å². The number of rotatable bonds is 5. The lowest BCUT2D eigenvalue weighted by atomic mass is 10.1. The average molecular weight is 261 g/mol. The van der Waals surface area contributed by atoms with Gasteiger partial charge < -0.3 is 10.5 Å². The molecule has 0 radical (unpaired) electrons. The van der Waals surface area contributed by atoms with Crippen molar-refractivity contribution in [2.45, 2.75) is 6.42 Å². The summed E-state index contributed by atoms with van der Waals surface area (Å²) in [7, 11) is 0. The highest BCUT2D eigenvalue weighted by Gasteiger charge is 2.15. The van der Waals surface area contributed by atoms with Crippen LogP contribution in [0.5, 0.6) is 0 Å². The predicted octanol–water partition coefficient (Wildman–Crippen LogP) is 2.46. The first-order chi connectivity index (χ1) is 8.06. The number of benzene rings is 1. The van der Waals surface area contributed by atoms with Crippen LogP contribution in [0.2, 0.25) is 0 Å². The summed E-state index contributed by atoms with van der Waals surface area (Å²) in [5.41, 5.74) is 5.14. The van der Waals surface area contributed by atoms with Gasteiger partial charge in [-0.15, -0.1) is 0 Å². The number of nitrogens with two attached hydrogens (primary N) is 1. The molecule has 0 amide bonds. The number of esters is 1. The Balaban J connectivity index is 2.66. The molecule has 0 heterocycles. The highest BCUT2D eigenvalue weighted by molar-refractivity contribution is 7.98. The Labute approximate surface area is 102 Å². The average Bonchev–Trinajstić information content (AvgIpc) is 2.29. The minimum atomic E-state index is -1.12. The second-order valence-corrected chi connectivity index (χ2v) is 4.32. The first kappa shape index (κ1) is 13.8. The number of carbonyl (C=O) groups excluding carboxylic acids is 1. The van der Waals surface area contributed by atoms with Crippen LogP contribution in [0.1, 0.15) is 16.8 Å². The van der Waals surface area contributed by atoms with Gasteiger partial charge in [-0.3, -0.25) is 0 Å². The molecule has 0 aliphatic rings. The Hall–Kier alpha value is -1.30. The summed E-state index contributed by atoms with van der Waals surface area (Å²) in [6.45, 7) is 0.234. The van der Waals surface area contributed by atoms with Crippen molar-refractivity contribution < 1.29 is 18.3 Å². The normalized spacial score (nSPS) is 10.3. The van der Waals surface area contributed by atoms with E-state index in [0.29, 0.717) is 6.42 Å². The Bertz CT molecular complexity index is 413. The van der Waals surface area contributed by atoms with Crippen LogP contribution in [0.3, 0.4) is 0 Å². The predicted molar refractivity (Wildman–Crippen MR) is 64.1 cm³/mol. The smallest absolute Gasteiger partial charge is 0.340 e. The standard InChI is InChI=1S/C11H13F2NO2S/c1-17-4-2-3-16-11(15)7-5-8(12)9(13)6-10(7)14/h5-6H,2-4,14H2,1H3. The molecular formula is C11H13F2NO2S. The van der Waals surface area contributed by atoms with E-state index in [1.165, 1.54) is 0 Å². The van der Waals surface area contributed by atoms with E-state index in [1.807, 2.05) is 6.26 Å². The van der Waals surface area contributed by atoms with Gasteiger partial charge in [-0.2, -0.15) is 11.8 Å². The van der Waals surface area contributed by atoms with E-state index in [4.69, 9.17) is 10.5 Å². The number of nitrogen functional groups attached to an aromatic ring is 1. The monoisotopic (exact) mass is 261 g/mol. The summed E-state index contributed by atoms with van der Waals surface area (Å²) in [5.74, 6) is -2.07. The van der Waals surface area contributed by atoms with Gasteiger partial charge in [0.2, 0.25) is 0 Å². The van der Waals surface area contributed by atoms with Crippen molar-refractivity contribution in [3.8, 4) is 0 Å². The van der Waals surface area contributed by atoms with Crippen LogP contribution < -0.4 is 5.73 Å². The second-order valence-electron chi connectivity index (χ2n) is 3.34. The molecular weight excluding hydrogens is 248 g/mol. The molecule has 0 aliphatic carbocycles. The molecule has 2 N–H and O–H groups in total. The van der Waals surface area contributed by atoms with Crippen LogP contribution in [0.25, 0.3) is 0 Å². The van der Waals surface area contributed by atoms with Gasteiger partial charge in [0.25, 0.3) is 0 Å². The largest absolute Gasteiger partial charge is 0.462 e. The molecule has 0 unspecified atom stereocenters. The molecule has 1 rings (SSSR count). The van der Waals surface area contributed by atoms with Crippen molar-refractivity contribution in [2.24, 2.45) is 0 Å². The summed E-state index contributed by atoms with van der Waals surface area (Å²) >= 11 is 1.63. The summed E-state index contributed by atoms with van der Waals surface area (Å²) < 4.78 is 30.6. The molecule has 0 saturated carbocycles. The van der Waals surface area contributed by atoms with E-state index in [2.05, 4.69) is 0 Å². The van der Waals surface area contributed by atoms with Gasteiger partial charge >= 0.3 is 5.97 Å². The maximum Gasteiger partial charge on any atom is 0.340 e. The third-order valence-electron chi connectivity index (χ3n) is 2.04. The molecule has 3 nitrogen and oxygen atoms in total. The van der Waals surface area contributed by atoms with Gasteiger partial charge in [0.1, 0.15) is 0 Å². The minimum absolute atomic E-state index is 0.126. The van der Waals surface area contributed by atoms with E-state index >= 15 is 0 Å². The van der Waals surface area contributed by atoms with E-state index in [1.54, 1.807) is 11.8 Å². The number of thioether (sulfide) groups is 1. The van der Waals surface area contributed by atoms with Crippen molar-refractivity contribution in [3.05, 3.63) is 29.3 Å². The zero-order valence-corrected chi connectivity index (χ0v) is 10.2. The molecule has 0 aliphatic heterocycles. The Morgan fingerprint density at radius 1 is 1.41 bits per heavy atom. The Kier molecular flexibility index (Phi) is 5.21. The second kappa shape index (κ2) is 6.44. The number of carbonyl (C=O) groups is 1. The van der Waals surface area contributed by atoms with Crippen molar-refractivity contribution >= 4 is 23.4 Å². The third kappa shape index (κ3) is 3.89. The Morgan fingerprint density at radius 2 is 2.06 bits per heavy atom. The molecule has 1 aromatic rings. The maximum atomic E-state index is 12.9. The molecule has 0 bridgehead atoms. The van der Waals surface area contributed by atoms with E-state index < -0.39 is 17.6 Å². The fourth-order valence-electron chi connectivity index (χ4n) is 1.18. The maximum absolute atomic E-state index is 12.9. The van der Waals surface area contributed by atoms with Gasteiger partial charge in [-0.25, -0.2) is 13.6 Å². The highest BCUT2D eigenvalue weighted by atomic mass is 32.2. The fraction of sp³-hybridized carbons (Fsp3) is 0.364. The lowest BCUT2D eigenvalue weighted by molar-refractivity contribution is 0.0507. The van der Waals surface area contributed by atoms with Crippen LogP contribution >= 0.6 is 11.8 Å². The first-order valence-electron chi connectivity index (χ1n) is 4.97. The molecule has 0 atom stereocenters. The van der Waals surface area contributed by atoms with E-state index in [-0.39, 0.29) is 17.9 Å². The van der Waals surface area contributed by atoms with Crippen molar-refractivity contribution in [3.63, 3.8) is 0 Å². The Morgan fingerprint density at radius 3 is 2.71 bits per heavy atom. The lowest BCUT2D eigenvalue weighted by Gasteiger charge is -2.07. The summed E-state index contributed by atoms with van der Waals surface area (Å²) in [4.78, 5) is 11.5. The summed E-state index contributed by atoms with van der Waals surface area (Å²) in [5, 5.41) is 0. The number of hydrogen-bond acceptors (Lipinski definition) is 4. The van der Waals surface area contributed by atoms with Crippen LogP contribution in [0, 0.1) is 11.6 Å². The quantitative estimate of drug-likeness (QED) is 0.502. The van der Waals surface area contributed by atoms with Crippen molar-refractivity contribution in [1.29, 1.82) is 0 Å². The zero-order valence-electron chi connectivity index (χ0n) is 9.33. The third-order valence-corrected chi connectivity index (χ3v) is 2.74. The van der Waals surface area contributed by atoms with Crippen LogP contribution in [0.15, 0.2) is 12.1 Å². The number of halogens is 2. The zero-order chi connectivity index (χ0) is 12.8. The molecule has 0 saturated heterocycles. The molecule has 94 valence electrons. The number of ether oxygens (including phenoxy) is 1. The summed E-state index contributed by atoms with van der Waals surface area (Å²) in [6, 6.07) is 1.52. The van der Waals surface area contributed by atoms with Crippen molar-refractivity contribution in [2.75, 3.05) is 24.3 Å². The van der Waals surface area contributed by atoms with Gasteiger partial charge in [0.15, 0.2) is 11.6 Å². The molecule has 17 heavy (non-hydrogen) atoms. The van der Waals surface area contributed by atoms with Gasteiger partial charge in [-0.1, -0.05) is 0 Å². The molecule has 0 fully saturated rings. The minimum Gasteiger partial charge on any atom is -0.462 e. The summed E-state index contributed by atoms with van der Waals surface area (Å²) in [6.07, 6.45) is 2.64. The van der Waals surface area contributed by atoms with Gasteiger partial charge in [0.05, 0.1) is 12.2 Å². The van der Waals surface area contributed by atoms with Crippen LogP contribution in [-0.2, 0) is 4.74 Å². The molecule has 1 aromatic carbocycles. The van der Waals surface area contributed by atoms with Crippen molar-refractivity contribution in [1.82, 2.24) is 0 Å². The molecule has 0 spiro atoms. The lowest BCUT2D eigenvalue weighted by Crippen LogP contribution is -2.10. The fourth-order valence-corrected chi connectivity index (χ4v) is 1.59. The van der Waals surface area contributed by atoms with Gasteiger partial charge in [0, 0.05) is 11.8 Å². The van der Waals surface area contributed by atoms with Gasteiger partial charge in [-0.05, 0) is 24.5 Å². The molecule has 6 heteroatoms. The number of anilines is 1. The SMILES string of the molecule is CSCCCOC(=O)c1cc(F)c(F)cc1N. The molecule has 0 aromatic heterocycles. The van der Waals surface area contributed by atoms with E-state index in [0.717, 1.165) is 17.9 Å². The topological polar surface area (TPSA) is 52.3 Å². The first-order valence-corrected chi connectivity index (χ1v) is 6.36. The van der Waals surface area contributed by atoms with Crippen LogP contribution in [-0.4, -0.2) is 24.6 Å². The van der Waals surface area contributed by atoms with Crippen LogP contribution in [0.4, 0.5) is 14.5 Å². The number of hydrogen-bond donors (Lipinski definition) is 1.